The van der Waals surface area contributed by atoms with Crippen LogP contribution in [0.5, 0.6) is 0 Å². The SMILES string of the molecule is C=CC(=O)N1CC(C(CC)Nc2cc(-c3cncc(C)n3)c[nH]c2=O)C1. The van der Waals surface area contributed by atoms with Crippen LogP contribution in [0.1, 0.15) is 19.0 Å². The van der Waals surface area contributed by atoms with E-state index in [0.717, 1.165) is 17.7 Å². The third-order valence-corrected chi connectivity index (χ3v) is 4.70. The van der Waals surface area contributed by atoms with Gasteiger partial charge in [0.1, 0.15) is 5.69 Å². The van der Waals surface area contributed by atoms with Crippen LogP contribution in [0.4, 0.5) is 5.69 Å². The lowest BCUT2D eigenvalue weighted by Gasteiger charge is -2.43. The Kier molecular flexibility index (Phi) is 5.16. The van der Waals surface area contributed by atoms with Gasteiger partial charge in [0.05, 0.1) is 17.6 Å². The number of likely N-dealkylation sites (tertiary alicyclic amines) is 1. The zero-order valence-electron chi connectivity index (χ0n) is 15.0. The Morgan fingerprint density at radius 3 is 2.92 bits per heavy atom. The van der Waals surface area contributed by atoms with Gasteiger partial charge < -0.3 is 15.2 Å². The van der Waals surface area contributed by atoms with Gasteiger partial charge in [0.25, 0.3) is 5.56 Å². The smallest absolute Gasteiger partial charge is 0.271 e. The van der Waals surface area contributed by atoms with E-state index in [2.05, 4.69) is 33.8 Å². The molecule has 1 amide bonds. The standard InChI is InChI=1S/C19H23N5O2/c1-4-15(14-10-24(11-14)18(25)5-2)23-16-6-13(8-21-19(16)26)17-9-20-7-12(3)22-17/h5-9,14-15,23H,2,4,10-11H2,1,3H3,(H,21,26). The Morgan fingerprint density at radius 2 is 2.27 bits per heavy atom. The van der Waals surface area contributed by atoms with Crippen molar-refractivity contribution in [2.45, 2.75) is 26.3 Å². The van der Waals surface area contributed by atoms with Crippen LogP contribution in [0.15, 0.2) is 42.1 Å². The zero-order valence-corrected chi connectivity index (χ0v) is 15.0. The molecule has 0 aromatic carbocycles. The minimum atomic E-state index is -0.175. The highest BCUT2D eigenvalue weighted by atomic mass is 16.2. The fraction of sp³-hybridized carbons (Fsp3) is 0.368. The maximum absolute atomic E-state index is 12.2. The van der Waals surface area contributed by atoms with E-state index < -0.39 is 0 Å². The molecule has 0 spiro atoms. The van der Waals surface area contributed by atoms with Crippen molar-refractivity contribution >= 4 is 11.6 Å². The molecule has 1 saturated heterocycles. The summed E-state index contributed by atoms with van der Waals surface area (Å²) in [6, 6.07) is 1.92. The molecule has 2 aromatic rings. The van der Waals surface area contributed by atoms with Crippen molar-refractivity contribution in [3.8, 4) is 11.3 Å². The summed E-state index contributed by atoms with van der Waals surface area (Å²) in [6.45, 7) is 8.82. The van der Waals surface area contributed by atoms with Crippen LogP contribution in [-0.4, -0.2) is 44.9 Å². The lowest BCUT2D eigenvalue weighted by Crippen LogP contribution is -2.55. The third kappa shape index (κ3) is 3.66. The number of carbonyl (C=O) groups is 1. The van der Waals surface area contributed by atoms with E-state index in [1.807, 2.05) is 6.92 Å². The molecule has 1 fully saturated rings. The number of H-pyrrole nitrogens is 1. The number of hydrogen-bond donors (Lipinski definition) is 2. The van der Waals surface area contributed by atoms with Crippen LogP contribution >= 0.6 is 0 Å². The van der Waals surface area contributed by atoms with Crippen molar-refractivity contribution in [2.24, 2.45) is 5.92 Å². The number of amides is 1. The summed E-state index contributed by atoms with van der Waals surface area (Å²) in [5.74, 6) is 0.264. The Labute approximate surface area is 152 Å². The number of nitrogens with zero attached hydrogens (tertiary/aromatic N) is 3. The molecule has 0 radical (unpaired) electrons. The summed E-state index contributed by atoms with van der Waals surface area (Å²) in [5, 5.41) is 3.35. The molecule has 0 saturated carbocycles. The second-order valence-electron chi connectivity index (χ2n) is 6.54. The fourth-order valence-electron chi connectivity index (χ4n) is 3.17. The highest BCUT2D eigenvalue weighted by Crippen LogP contribution is 2.25. The van der Waals surface area contributed by atoms with Crippen LogP contribution in [0.3, 0.4) is 0 Å². The monoisotopic (exact) mass is 353 g/mol. The predicted molar refractivity (Wildman–Crippen MR) is 101 cm³/mol. The van der Waals surface area contributed by atoms with Gasteiger partial charge in [0.2, 0.25) is 5.91 Å². The van der Waals surface area contributed by atoms with E-state index in [9.17, 15) is 9.59 Å². The molecule has 2 aromatic heterocycles. The Morgan fingerprint density at radius 1 is 1.50 bits per heavy atom. The first-order valence-electron chi connectivity index (χ1n) is 8.71. The molecule has 2 N–H and O–H groups in total. The summed E-state index contributed by atoms with van der Waals surface area (Å²) in [6.07, 6.45) is 7.20. The molecule has 1 aliphatic heterocycles. The zero-order chi connectivity index (χ0) is 18.7. The van der Waals surface area contributed by atoms with Crippen molar-refractivity contribution < 1.29 is 4.79 Å². The highest BCUT2D eigenvalue weighted by molar-refractivity contribution is 5.87. The van der Waals surface area contributed by atoms with E-state index in [4.69, 9.17) is 0 Å². The van der Waals surface area contributed by atoms with Gasteiger partial charge in [-0.3, -0.25) is 14.6 Å². The summed E-state index contributed by atoms with van der Waals surface area (Å²) in [4.78, 5) is 37.0. The molecule has 1 atom stereocenters. The molecule has 136 valence electrons. The van der Waals surface area contributed by atoms with E-state index >= 15 is 0 Å². The van der Waals surface area contributed by atoms with Gasteiger partial charge in [-0.1, -0.05) is 13.5 Å². The van der Waals surface area contributed by atoms with E-state index in [1.165, 1.54) is 6.08 Å². The van der Waals surface area contributed by atoms with E-state index in [-0.39, 0.29) is 17.5 Å². The first kappa shape index (κ1) is 17.8. The molecule has 1 aliphatic rings. The van der Waals surface area contributed by atoms with Crippen molar-refractivity contribution in [1.82, 2.24) is 19.9 Å². The molecular weight excluding hydrogens is 330 g/mol. The van der Waals surface area contributed by atoms with Gasteiger partial charge in [-0.15, -0.1) is 0 Å². The van der Waals surface area contributed by atoms with Crippen molar-refractivity contribution in [2.75, 3.05) is 18.4 Å². The first-order valence-corrected chi connectivity index (χ1v) is 8.71. The molecule has 1 unspecified atom stereocenters. The molecular formula is C19H23N5O2. The summed E-state index contributed by atoms with van der Waals surface area (Å²) in [5.41, 5.74) is 2.66. The number of aryl methyl sites for hydroxylation is 1. The molecule has 7 nitrogen and oxygen atoms in total. The fourth-order valence-corrected chi connectivity index (χ4v) is 3.17. The van der Waals surface area contributed by atoms with Crippen LogP contribution in [0.2, 0.25) is 0 Å². The van der Waals surface area contributed by atoms with E-state index in [0.29, 0.717) is 30.4 Å². The highest BCUT2D eigenvalue weighted by Gasteiger charge is 2.34. The van der Waals surface area contributed by atoms with Gasteiger partial charge >= 0.3 is 0 Å². The number of anilines is 1. The minimum absolute atomic E-state index is 0.0473. The Hall–Kier alpha value is -2.96. The number of aromatic amines is 1. The average Bonchev–Trinajstić information content (AvgIpc) is 2.60. The van der Waals surface area contributed by atoms with Crippen LogP contribution in [0.25, 0.3) is 11.3 Å². The largest absolute Gasteiger partial charge is 0.377 e. The van der Waals surface area contributed by atoms with Gasteiger partial charge in [0, 0.05) is 43.0 Å². The molecule has 3 heterocycles. The van der Waals surface area contributed by atoms with Gasteiger partial charge in [-0.2, -0.15) is 0 Å². The molecule has 7 heteroatoms. The number of pyridine rings is 1. The average molecular weight is 353 g/mol. The minimum Gasteiger partial charge on any atom is -0.377 e. The number of rotatable bonds is 6. The molecule has 26 heavy (non-hydrogen) atoms. The molecule has 3 rings (SSSR count). The second-order valence-corrected chi connectivity index (χ2v) is 6.54. The number of hydrogen-bond acceptors (Lipinski definition) is 5. The number of aromatic nitrogens is 3. The second kappa shape index (κ2) is 7.51. The molecule has 0 bridgehead atoms. The number of nitrogens with one attached hydrogen (secondary N) is 2. The van der Waals surface area contributed by atoms with Crippen LogP contribution in [-0.2, 0) is 4.79 Å². The maximum Gasteiger partial charge on any atom is 0.271 e. The summed E-state index contributed by atoms with van der Waals surface area (Å²) in [7, 11) is 0. The van der Waals surface area contributed by atoms with Crippen molar-refractivity contribution in [1.29, 1.82) is 0 Å². The third-order valence-electron chi connectivity index (χ3n) is 4.70. The van der Waals surface area contributed by atoms with Crippen molar-refractivity contribution in [3.05, 3.63) is 53.4 Å². The lowest BCUT2D eigenvalue weighted by molar-refractivity contribution is -0.132. The van der Waals surface area contributed by atoms with Gasteiger partial charge in [0.15, 0.2) is 0 Å². The topological polar surface area (TPSA) is 91.0 Å². The van der Waals surface area contributed by atoms with Gasteiger partial charge in [-0.25, -0.2) is 4.98 Å². The summed E-state index contributed by atoms with van der Waals surface area (Å²) >= 11 is 0. The van der Waals surface area contributed by atoms with Gasteiger partial charge in [-0.05, 0) is 25.5 Å². The lowest BCUT2D eigenvalue weighted by atomic mass is 9.89. The number of carbonyl (C=O) groups excluding carboxylic acids is 1. The Bertz CT molecular complexity index is 870. The maximum atomic E-state index is 12.2. The summed E-state index contributed by atoms with van der Waals surface area (Å²) < 4.78 is 0. The predicted octanol–water partition coefficient (Wildman–Crippen LogP) is 1.98. The quantitative estimate of drug-likeness (QED) is 0.775. The molecule has 0 aliphatic carbocycles. The normalized spacial score (nSPS) is 15.2. The first-order chi connectivity index (χ1) is 12.5. The van der Waals surface area contributed by atoms with Crippen LogP contribution in [0, 0.1) is 12.8 Å². The van der Waals surface area contributed by atoms with E-state index in [1.54, 1.807) is 29.6 Å². The Balaban J connectivity index is 1.76. The van der Waals surface area contributed by atoms with Crippen molar-refractivity contribution in [3.63, 3.8) is 0 Å². The van der Waals surface area contributed by atoms with Crippen LogP contribution < -0.4 is 10.9 Å².